The Bertz CT molecular complexity index is 373. The van der Waals surface area contributed by atoms with E-state index >= 15 is 0 Å². The molecule has 4 nitrogen and oxygen atoms in total. The van der Waals surface area contributed by atoms with E-state index in [1.54, 1.807) is 29.1 Å². The van der Waals surface area contributed by atoms with E-state index in [-0.39, 0.29) is 4.90 Å². The van der Waals surface area contributed by atoms with Crippen molar-refractivity contribution in [1.29, 1.82) is 0 Å². The van der Waals surface area contributed by atoms with Crippen molar-refractivity contribution in [3.63, 3.8) is 0 Å². The number of halogens is 1. The highest BCUT2D eigenvalue weighted by molar-refractivity contribution is 14.1. The predicted octanol–water partition coefficient (Wildman–Crippen LogP) is 1.66. The van der Waals surface area contributed by atoms with E-state index in [0.29, 0.717) is 5.75 Å². The van der Waals surface area contributed by atoms with Crippen molar-refractivity contribution in [2.75, 3.05) is 0 Å². The molecule has 0 aliphatic rings. The lowest BCUT2D eigenvalue weighted by Gasteiger charge is -1.98. The molecule has 0 saturated carbocycles. The molecule has 1 N–H and O–H groups in total. The maximum atomic E-state index is 10.6. The smallest absolute Gasteiger partial charge is 0.294 e. The minimum atomic E-state index is -4.12. The van der Waals surface area contributed by atoms with Crippen molar-refractivity contribution in [2.45, 2.75) is 4.90 Å². The molecular weight excluding hydrogens is 295 g/mol. The topological polar surface area (TPSA) is 63.6 Å². The Morgan fingerprint density at radius 3 is 2.58 bits per heavy atom. The van der Waals surface area contributed by atoms with Crippen LogP contribution in [0.5, 0.6) is 5.75 Å². The quantitative estimate of drug-likeness (QED) is 0.666. The van der Waals surface area contributed by atoms with Gasteiger partial charge in [-0.05, 0) is 12.1 Å². The van der Waals surface area contributed by atoms with E-state index < -0.39 is 10.1 Å². The van der Waals surface area contributed by atoms with E-state index in [1.165, 1.54) is 18.2 Å². The van der Waals surface area contributed by atoms with E-state index in [4.69, 9.17) is 7.62 Å². The molecule has 0 amide bonds. The van der Waals surface area contributed by atoms with Crippen molar-refractivity contribution in [3.05, 3.63) is 24.3 Å². The average Bonchev–Trinajstić information content (AvgIpc) is 2.03. The van der Waals surface area contributed by atoms with E-state index in [9.17, 15) is 8.42 Å². The third-order valence-electron chi connectivity index (χ3n) is 1.19. The molecule has 0 atom stereocenters. The zero-order valence-electron chi connectivity index (χ0n) is 5.77. The molecule has 0 spiro atoms. The second kappa shape index (κ2) is 3.58. The fourth-order valence-electron chi connectivity index (χ4n) is 0.683. The van der Waals surface area contributed by atoms with Gasteiger partial charge in [0.2, 0.25) is 0 Å². The average molecular weight is 300 g/mol. The molecule has 66 valence electrons. The van der Waals surface area contributed by atoms with Crippen molar-refractivity contribution >= 4 is 33.1 Å². The standard InChI is InChI=1S/C6H5IO4S/c7-11-5-2-1-3-6(4-5)12(8,9)10/h1-4H,(H,8,9,10). The summed E-state index contributed by atoms with van der Waals surface area (Å²) in [5.74, 6) is 0.380. The number of hydrogen-bond acceptors (Lipinski definition) is 3. The van der Waals surface area contributed by atoms with Crippen LogP contribution in [0.25, 0.3) is 0 Å². The van der Waals surface area contributed by atoms with Crippen LogP contribution in [0, 0.1) is 0 Å². The molecule has 12 heavy (non-hydrogen) atoms. The first kappa shape index (κ1) is 9.75. The van der Waals surface area contributed by atoms with Crippen LogP contribution in [-0.2, 0) is 10.1 Å². The largest absolute Gasteiger partial charge is 0.428 e. The van der Waals surface area contributed by atoms with Crippen LogP contribution in [0.4, 0.5) is 0 Å². The summed E-state index contributed by atoms with van der Waals surface area (Å²) >= 11 is 1.62. The van der Waals surface area contributed by atoms with Crippen LogP contribution in [0.3, 0.4) is 0 Å². The number of hydrogen-bond donors (Lipinski definition) is 1. The van der Waals surface area contributed by atoms with Gasteiger partial charge in [0.25, 0.3) is 10.1 Å². The second-order valence-corrected chi connectivity index (χ2v) is 3.89. The Morgan fingerprint density at radius 2 is 2.08 bits per heavy atom. The van der Waals surface area contributed by atoms with E-state index in [2.05, 4.69) is 0 Å². The summed E-state index contributed by atoms with van der Waals surface area (Å²) in [6.07, 6.45) is 0. The minimum absolute atomic E-state index is 0.170. The van der Waals surface area contributed by atoms with Crippen LogP contribution in [0.1, 0.15) is 0 Å². The third kappa shape index (κ3) is 2.32. The Hall–Kier alpha value is -0.340. The molecule has 0 aliphatic heterocycles. The first-order valence-corrected chi connectivity index (χ1v) is 5.22. The Balaban J connectivity index is 3.20. The van der Waals surface area contributed by atoms with Crippen molar-refractivity contribution in [2.24, 2.45) is 0 Å². The minimum Gasteiger partial charge on any atom is -0.428 e. The number of rotatable bonds is 2. The van der Waals surface area contributed by atoms with Gasteiger partial charge < -0.3 is 3.07 Å². The molecule has 0 aromatic heterocycles. The molecule has 0 bridgehead atoms. The summed E-state index contributed by atoms with van der Waals surface area (Å²) in [6, 6.07) is 5.59. The van der Waals surface area contributed by atoms with E-state index in [1.807, 2.05) is 0 Å². The van der Waals surface area contributed by atoms with Crippen molar-refractivity contribution in [1.82, 2.24) is 0 Å². The van der Waals surface area contributed by atoms with Crippen molar-refractivity contribution < 1.29 is 16.0 Å². The first-order chi connectivity index (χ1) is 5.54. The Kier molecular flexibility index (Phi) is 2.91. The van der Waals surface area contributed by atoms with Gasteiger partial charge in [-0.3, -0.25) is 4.55 Å². The molecule has 1 aromatic rings. The third-order valence-corrected chi connectivity index (χ3v) is 2.55. The van der Waals surface area contributed by atoms with Crippen LogP contribution in [0.2, 0.25) is 0 Å². The van der Waals surface area contributed by atoms with Crippen LogP contribution in [-0.4, -0.2) is 13.0 Å². The fourth-order valence-corrected chi connectivity index (χ4v) is 1.47. The normalized spacial score (nSPS) is 11.2. The SMILES string of the molecule is O=S(=O)(O)c1cccc(OI)c1. The summed E-state index contributed by atoms with van der Waals surface area (Å²) in [5, 5.41) is 0. The second-order valence-electron chi connectivity index (χ2n) is 2.03. The molecule has 0 heterocycles. The molecule has 6 heteroatoms. The van der Waals surface area contributed by atoms with Crippen LogP contribution < -0.4 is 3.07 Å². The molecular formula is C6H5IO4S. The fraction of sp³-hybridized carbons (Fsp3) is 0. The molecule has 0 unspecified atom stereocenters. The summed E-state index contributed by atoms with van der Waals surface area (Å²) < 4.78 is 34.6. The monoisotopic (exact) mass is 300 g/mol. The first-order valence-electron chi connectivity index (χ1n) is 2.90. The highest BCUT2D eigenvalue weighted by Crippen LogP contribution is 2.18. The molecule has 0 aliphatic carbocycles. The van der Waals surface area contributed by atoms with Gasteiger partial charge in [-0.1, -0.05) is 6.07 Å². The van der Waals surface area contributed by atoms with Gasteiger partial charge in [-0.15, -0.1) is 0 Å². The van der Waals surface area contributed by atoms with Gasteiger partial charge in [-0.25, -0.2) is 0 Å². The maximum Gasteiger partial charge on any atom is 0.294 e. The maximum absolute atomic E-state index is 10.6. The molecule has 0 saturated heterocycles. The molecule has 1 aromatic carbocycles. The molecule has 0 radical (unpaired) electrons. The van der Waals surface area contributed by atoms with Gasteiger partial charge in [0.1, 0.15) is 5.75 Å². The lowest BCUT2D eigenvalue weighted by molar-refractivity contribution is 0.482. The predicted molar refractivity (Wildman–Crippen MR) is 50.9 cm³/mol. The van der Waals surface area contributed by atoms with Crippen molar-refractivity contribution in [3.8, 4) is 5.75 Å². The molecule has 1 rings (SSSR count). The number of benzene rings is 1. The molecule has 0 fully saturated rings. The van der Waals surface area contributed by atoms with Gasteiger partial charge in [0, 0.05) is 6.07 Å². The summed E-state index contributed by atoms with van der Waals surface area (Å²) in [7, 11) is -4.12. The van der Waals surface area contributed by atoms with Gasteiger partial charge in [-0.2, -0.15) is 8.42 Å². The summed E-state index contributed by atoms with van der Waals surface area (Å²) in [5.41, 5.74) is 0. The summed E-state index contributed by atoms with van der Waals surface area (Å²) in [6.45, 7) is 0. The van der Waals surface area contributed by atoms with Gasteiger partial charge in [0.05, 0.1) is 4.90 Å². The Labute approximate surface area is 84.0 Å². The van der Waals surface area contributed by atoms with Crippen LogP contribution >= 0.6 is 23.0 Å². The van der Waals surface area contributed by atoms with Gasteiger partial charge in [0.15, 0.2) is 23.0 Å². The van der Waals surface area contributed by atoms with E-state index in [0.717, 1.165) is 0 Å². The highest BCUT2D eigenvalue weighted by Gasteiger charge is 2.09. The zero-order chi connectivity index (χ0) is 9.19. The lowest BCUT2D eigenvalue weighted by atomic mass is 10.3. The van der Waals surface area contributed by atoms with Crippen LogP contribution in [0.15, 0.2) is 29.2 Å². The van der Waals surface area contributed by atoms with Gasteiger partial charge >= 0.3 is 0 Å². The summed E-state index contributed by atoms with van der Waals surface area (Å²) in [4.78, 5) is -0.170. The lowest BCUT2D eigenvalue weighted by Crippen LogP contribution is -1.97. The Morgan fingerprint density at radius 1 is 1.42 bits per heavy atom. The highest BCUT2D eigenvalue weighted by atomic mass is 127. The zero-order valence-corrected chi connectivity index (χ0v) is 8.74.